The molecule has 0 N–H and O–H groups in total. The standard InChI is InChI=1S/C16H26N2O/c1-5-14-6-7-15(13-8-9-19-11-13)16(17-14)10-18(4)12(2)3/h6-7,12-13H,5,8-11H2,1-4H3/t13-/m0/s1. The minimum absolute atomic E-state index is 0.536. The van der Waals surface area contributed by atoms with Crippen LogP contribution in [0.1, 0.15) is 50.1 Å². The van der Waals surface area contributed by atoms with Gasteiger partial charge in [0.1, 0.15) is 0 Å². The van der Waals surface area contributed by atoms with Crippen LogP contribution < -0.4 is 0 Å². The highest BCUT2D eigenvalue weighted by atomic mass is 16.5. The maximum absolute atomic E-state index is 5.53. The molecule has 106 valence electrons. The first-order chi connectivity index (χ1) is 9.11. The Bertz CT molecular complexity index is 411. The van der Waals surface area contributed by atoms with E-state index in [4.69, 9.17) is 9.72 Å². The van der Waals surface area contributed by atoms with E-state index in [0.29, 0.717) is 12.0 Å². The lowest BCUT2D eigenvalue weighted by atomic mass is 9.96. The van der Waals surface area contributed by atoms with E-state index in [9.17, 15) is 0 Å². The molecule has 0 spiro atoms. The maximum atomic E-state index is 5.53. The summed E-state index contributed by atoms with van der Waals surface area (Å²) < 4.78 is 5.53. The van der Waals surface area contributed by atoms with E-state index >= 15 is 0 Å². The monoisotopic (exact) mass is 262 g/mol. The molecule has 1 atom stereocenters. The molecule has 1 aliphatic rings. The molecule has 0 saturated carbocycles. The smallest absolute Gasteiger partial charge is 0.0582 e. The molecule has 0 aromatic carbocycles. The predicted molar refractivity (Wildman–Crippen MR) is 78.4 cm³/mol. The zero-order valence-corrected chi connectivity index (χ0v) is 12.6. The first-order valence-electron chi connectivity index (χ1n) is 7.38. The number of ether oxygens (including phenoxy) is 1. The largest absolute Gasteiger partial charge is 0.381 e. The van der Waals surface area contributed by atoms with Crippen LogP contribution in [-0.2, 0) is 17.7 Å². The van der Waals surface area contributed by atoms with Crippen molar-refractivity contribution in [3.8, 4) is 0 Å². The van der Waals surface area contributed by atoms with Crippen molar-refractivity contribution in [3.63, 3.8) is 0 Å². The lowest BCUT2D eigenvalue weighted by molar-refractivity contribution is 0.193. The SMILES string of the molecule is CCc1ccc([C@H]2CCOC2)c(CN(C)C(C)C)n1. The summed E-state index contributed by atoms with van der Waals surface area (Å²) in [6, 6.07) is 4.99. The lowest BCUT2D eigenvalue weighted by Crippen LogP contribution is -2.27. The van der Waals surface area contributed by atoms with Crippen LogP contribution in [-0.4, -0.2) is 36.2 Å². The second kappa shape index (κ2) is 6.49. The summed E-state index contributed by atoms with van der Waals surface area (Å²) in [5.74, 6) is 0.536. The third-order valence-electron chi connectivity index (χ3n) is 4.08. The second-order valence-electron chi connectivity index (χ2n) is 5.76. The predicted octanol–water partition coefficient (Wildman–Crippen LogP) is 2.99. The molecule has 0 unspecified atom stereocenters. The van der Waals surface area contributed by atoms with Crippen molar-refractivity contribution in [1.82, 2.24) is 9.88 Å². The molecule has 19 heavy (non-hydrogen) atoms. The number of aryl methyl sites for hydroxylation is 1. The van der Waals surface area contributed by atoms with Gasteiger partial charge in [0.2, 0.25) is 0 Å². The Morgan fingerprint density at radius 3 is 2.79 bits per heavy atom. The summed E-state index contributed by atoms with van der Waals surface area (Å²) in [5, 5.41) is 0. The van der Waals surface area contributed by atoms with Crippen LogP contribution in [0.5, 0.6) is 0 Å². The van der Waals surface area contributed by atoms with Crippen molar-refractivity contribution in [3.05, 3.63) is 29.1 Å². The summed E-state index contributed by atoms with van der Waals surface area (Å²) in [5.41, 5.74) is 3.82. The molecule has 3 nitrogen and oxygen atoms in total. The van der Waals surface area contributed by atoms with Crippen LogP contribution in [0.15, 0.2) is 12.1 Å². The van der Waals surface area contributed by atoms with Crippen molar-refractivity contribution in [2.24, 2.45) is 0 Å². The highest BCUT2D eigenvalue weighted by Crippen LogP contribution is 2.28. The molecule has 2 rings (SSSR count). The van der Waals surface area contributed by atoms with E-state index in [2.05, 4.69) is 44.9 Å². The maximum Gasteiger partial charge on any atom is 0.0582 e. The van der Waals surface area contributed by atoms with E-state index in [1.165, 1.54) is 17.0 Å². The Kier molecular flexibility index (Phi) is 4.94. The lowest BCUT2D eigenvalue weighted by Gasteiger charge is -2.23. The number of hydrogen-bond donors (Lipinski definition) is 0. The van der Waals surface area contributed by atoms with Crippen molar-refractivity contribution in [2.45, 2.75) is 52.1 Å². The number of rotatable bonds is 5. The Balaban J connectivity index is 2.25. The van der Waals surface area contributed by atoms with E-state index in [1.807, 2.05) is 0 Å². The fraction of sp³-hybridized carbons (Fsp3) is 0.688. The average Bonchev–Trinajstić information content (AvgIpc) is 2.92. The van der Waals surface area contributed by atoms with Crippen molar-refractivity contribution in [1.29, 1.82) is 0 Å². The number of hydrogen-bond acceptors (Lipinski definition) is 3. The van der Waals surface area contributed by atoms with Crippen LogP contribution in [0, 0.1) is 0 Å². The fourth-order valence-corrected chi connectivity index (χ4v) is 2.45. The molecule has 0 aliphatic carbocycles. The van der Waals surface area contributed by atoms with E-state index in [-0.39, 0.29) is 0 Å². The molecule has 0 amide bonds. The number of aromatic nitrogens is 1. The van der Waals surface area contributed by atoms with Gasteiger partial charge < -0.3 is 4.74 Å². The minimum Gasteiger partial charge on any atom is -0.381 e. The molecule has 1 aliphatic heterocycles. The third kappa shape index (κ3) is 3.54. The van der Waals surface area contributed by atoms with Gasteiger partial charge in [-0.05, 0) is 45.4 Å². The second-order valence-corrected chi connectivity index (χ2v) is 5.76. The van der Waals surface area contributed by atoms with Crippen molar-refractivity contribution < 1.29 is 4.74 Å². The average molecular weight is 262 g/mol. The molecule has 3 heteroatoms. The van der Waals surface area contributed by atoms with Crippen LogP contribution in [0.2, 0.25) is 0 Å². The molecular formula is C16H26N2O. The fourth-order valence-electron chi connectivity index (χ4n) is 2.45. The van der Waals surface area contributed by atoms with Crippen LogP contribution in [0.3, 0.4) is 0 Å². The van der Waals surface area contributed by atoms with Crippen LogP contribution in [0.4, 0.5) is 0 Å². The third-order valence-corrected chi connectivity index (χ3v) is 4.08. The minimum atomic E-state index is 0.536. The van der Waals surface area contributed by atoms with Gasteiger partial charge in [-0.1, -0.05) is 13.0 Å². The quantitative estimate of drug-likeness (QED) is 0.815. The summed E-state index contributed by atoms with van der Waals surface area (Å²) in [4.78, 5) is 7.21. The Labute approximate surface area is 117 Å². The van der Waals surface area contributed by atoms with Gasteiger partial charge in [0, 0.05) is 30.8 Å². The summed E-state index contributed by atoms with van der Waals surface area (Å²) in [6.07, 6.45) is 2.13. The van der Waals surface area contributed by atoms with Gasteiger partial charge in [-0.2, -0.15) is 0 Å². The molecule has 1 aromatic rings. The van der Waals surface area contributed by atoms with Gasteiger partial charge in [-0.15, -0.1) is 0 Å². The molecule has 1 saturated heterocycles. The van der Waals surface area contributed by atoms with E-state index in [1.54, 1.807) is 0 Å². The van der Waals surface area contributed by atoms with Crippen molar-refractivity contribution in [2.75, 3.05) is 20.3 Å². The topological polar surface area (TPSA) is 25.4 Å². The molecule has 0 bridgehead atoms. The van der Waals surface area contributed by atoms with Gasteiger partial charge in [-0.25, -0.2) is 0 Å². The first kappa shape index (κ1) is 14.5. The molecule has 2 heterocycles. The van der Waals surface area contributed by atoms with E-state index < -0.39 is 0 Å². The zero-order valence-electron chi connectivity index (χ0n) is 12.6. The Hall–Kier alpha value is -0.930. The highest BCUT2D eigenvalue weighted by molar-refractivity contribution is 5.28. The Morgan fingerprint density at radius 2 is 2.21 bits per heavy atom. The summed E-state index contributed by atoms with van der Waals surface area (Å²) >= 11 is 0. The van der Waals surface area contributed by atoms with Gasteiger partial charge in [0.05, 0.1) is 12.3 Å². The van der Waals surface area contributed by atoms with Gasteiger partial charge in [-0.3, -0.25) is 9.88 Å². The highest BCUT2D eigenvalue weighted by Gasteiger charge is 2.22. The van der Waals surface area contributed by atoms with Crippen LogP contribution >= 0.6 is 0 Å². The Morgan fingerprint density at radius 1 is 1.42 bits per heavy atom. The van der Waals surface area contributed by atoms with E-state index in [0.717, 1.165) is 32.6 Å². The molecular weight excluding hydrogens is 236 g/mol. The van der Waals surface area contributed by atoms with Gasteiger partial charge in [0.15, 0.2) is 0 Å². The number of pyridine rings is 1. The summed E-state index contributed by atoms with van der Waals surface area (Å²) in [6.45, 7) is 9.28. The molecule has 1 fully saturated rings. The number of nitrogens with zero attached hydrogens (tertiary/aromatic N) is 2. The van der Waals surface area contributed by atoms with Gasteiger partial charge >= 0.3 is 0 Å². The normalized spacial score (nSPS) is 19.6. The van der Waals surface area contributed by atoms with Crippen molar-refractivity contribution >= 4 is 0 Å². The summed E-state index contributed by atoms with van der Waals surface area (Å²) in [7, 11) is 2.17. The zero-order chi connectivity index (χ0) is 13.8. The molecule has 0 radical (unpaired) electrons. The first-order valence-corrected chi connectivity index (χ1v) is 7.38. The molecule has 1 aromatic heterocycles. The van der Waals surface area contributed by atoms with Crippen LogP contribution in [0.25, 0.3) is 0 Å². The van der Waals surface area contributed by atoms with Gasteiger partial charge in [0.25, 0.3) is 0 Å².